The molecular formula is C20H25N3O2S. The van der Waals surface area contributed by atoms with Crippen LogP contribution in [-0.4, -0.2) is 24.2 Å². The molecule has 0 fully saturated rings. The first kappa shape index (κ1) is 19.7. The normalized spacial score (nSPS) is 10.0. The number of ether oxygens (including phenoxy) is 1. The number of hydrogen-bond acceptors (Lipinski definition) is 3. The van der Waals surface area contributed by atoms with Gasteiger partial charge in [0.2, 0.25) is 0 Å². The largest absolute Gasteiger partial charge is 0.483 e. The first-order valence-corrected chi connectivity index (χ1v) is 9.21. The van der Waals surface area contributed by atoms with Crippen LogP contribution in [0.1, 0.15) is 26.2 Å². The van der Waals surface area contributed by atoms with Gasteiger partial charge in [0.05, 0.1) is 0 Å². The van der Waals surface area contributed by atoms with Crippen molar-refractivity contribution in [3.63, 3.8) is 0 Å². The Morgan fingerprint density at radius 2 is 1.73 bits per heavy atom. The quantitative estimate of drug-likeness (QED) is 0.377. The van der Waals surface area contributed by atoms with Gasteiger partial charge in [0.25, 0.3) is 5.91 Å². The fourth-order valence-electron chi connectivity index (χ4n) is 2.38. The van der Waals surface area contributed by atoms with Gasteiger partial charge in [0, 0.05) is 12.1 Å². The fourth-order valence-corrected chi connectivity index (χ4v) is 2.53. The third-order valence-corrected chi connectivity index (χ3v) is 3.96. The molecule has 2 aromatic carbocycles. The maximum Gasteiger partial charge on any atom is 0.276 e. The lowest BCUT2D eigenvalue weighted by Crippen LogP contribution is -2.48. The molecule has 0 spiro atoms. The van der Waals surface area contributed by atoms with Crippen LogP contribution in [0.25, 0.3) is 11.1 Å². The summed E-state index contributed by atoms with van der Waals surface area (Å²) in [4.78, 5) is 12.0. The van der Waals surface area contributed by atoms with Gasteiger partial charge in [-0.15, -0.1) is 0 Å². The number of amides is 1. The minimum absolute atomic E-state index is 0.102. The van der Waals surface area contributed by atoms with Crippen LogP contribution in [0.2, 0.25) is 0 Å². The zero-order valence-corrected chi connectivity index (χ0v) is 15.8. The molecule has 0 atom stereocenters. The number of nitrogens with one attached hydrogen (secondary N) is 3. The Balaban J connectivity index is 1.79. The van der Waals surface area contributed by atoms with E-state index >= 15 is 0 Å². The molecule has 0 bridgehead atoms. The number of rotatable bonds is 8. The summed E-state index contributed by atoms with van der Waals surface area (Å²) in [6, 6.07) is 17.6. The maximum atomic E-state index is 12.0. The summed E-state index contributed by atoms with van der Waals surface area (Å²) in [6.45, 7) is 2.83. The standard InChI is InChI=1S/C20H25N3O2S/c1-2-3-9-14-21-20(26)23-22-19(24)15-25-18-13-8-7-12-17(18)16-10-5-4-6-11-16/h4-8,10-13H,2-3,9,14-15H2,1H3,(H,22,24)(H2,21,23,26). The molecule has 0 aliphatic heterocycles. The van der Waals surface area contributed by atoms with Gasteiger partial charge < -0.3 is 10.1 Å². The molecule has 0 aromatic heterocycles. The van der Waals surface area contributed by atoms with Crippen LogP contribution in [0.5, 0.6) is 5.75 Å². The number of carbonyl (C=O) groups excluding carboxylic acids is 1. The van der Waals surface area contributed by atoms with Gasteiger partial charge in [0.15, 0.2) is 11.7 Å². The van der Waals surface area contributed by atoms with Crippen molar-refractivity contribution in [2.45, 2.75) is 26.2 Å². The number of hydrazine groups is 1. The van der Waals surface area contributed by atoms with Crippen LogP contribution in [0.15, 0.2) is 54.6 Å². The van der Waals surface area contributed by atoms with E-state index in [9.17, 15) is 4.79 Å². The Morgan fingerprint density at radius 3 is 2.50 bits per heavy atom. The van der Waals surface area contributed by atoms with Gasteiger partial charge >= 0.3 is 0 Å². The summed E-state index contributed by atoms with van der Waals surface area (Å²) in [5.74, 6) is 0.361. The Labute approximate surface area is 160 Å². The van der Waals surface area contributed by atoms with E-state index in [4.69, 9.17) is 17.0 Å². The molecule has 0 unspecified atom stereocenters. The van der Waals surface area contributed by atoms with Crippen LogP contribution in [0, 0.1) is 0 Å². The van der Waals surface area contributed by atoms with Crippen LogP contribution in [-0.2, 0) is 4.79 Å². The minimum Gasteiger partial charge on any atom is -0.483 e. The van der Waals surface area contributed by atoms with E-state index in [0.717, 1.165) is 36.9 Å². The number of benzene rings is 2. The molecule has 1 amide bonds. The zero-order chi connectivity index (χ0) is 18.6. The second kappa shape index (κ2) is 11.1. The second-order valence-corrected chi connectivity index (χ2v) is 6.20. The molecule has 3 N–H and O–H groups in total. The maximum absolute atomic E-state index is 12.0. The van der Waals surface area contributed by atoms with E-state index < -0.39 is 0 Å². The smallest absolute Gasteiger partial charge is 0.276 e. The van der Waals surface area contributed by atoms with Crippen LogP contribution < -0.4 is 20.9 Å². The van der Waals surface area contributed by atoms with Gasteiger partial charge in [-0.25, -0.2) is 0 Å². The highest BCUT2D eigenvalue weighted by Gasteiger charge is 2.08. The number of para-hydroxylation sites is 1. The average molecular weight is 372 g/mol. The molecule has 0 aliphatic rings. The monoisotopic (exact) mass is 371 g/mol. The topological polar surface area (TPSA) is 62.4 Å². The summed E-state index contributed by atoms with van der Waals surface area (Å²) < 4.78 is 5.68. The fraction of sp³-hybridized carbons (Fsp3) is 0.300. The van der Waals surface area contributed by atoms with Gasteiger partial charge in [0.1, 0.15) is 5.75 Å². The molecule has 0 aliphatic carbocycles. The SMILES string of the molecule is CCCCCNC(=S)NNC(=O)COc1ccccc1-c1ccccc1. The lowest BCUT2D eigenvalue weighted by Gasteiger charge is -2.13. The highest BCUT2D eigenvalue weighted by atomic mass is 32.1. The molecule has 0 saturated heterocycles. The van der Waals surface area contributed by atoms with Crippen molar-refractivity contribution in [1.82, 2.24) is 16.2 Å². The van der Waals surface area contributed by atoms with E-state index in [0.29, 0.717) is 10.9 Å². The minimum atomic E-state index is -0.300. The van der Waals surface area contributed by atoms with Crippen molar-refractivity contribution in [1.29, 1.82) is 0 Å². The van der Waals surface area contributed by atoms with Gasteiger partial charge in [-0.05, 0) is 30.3 Å². The predicted molar refractivity (Wildman–Crippen MR) is 109 cm³/mol. The van der Waals surface area contributed by atoms with Gasteiger partial charge in [-0.1, -0.05) is 68.3 Å². The van der Waals surface area contributed by atoms with Crippen molar-refractivity contribution in [3.8, 4) is 16.9 Å². The molecule has 26 heavy (non-hydrogen) atoms. The molecule has 6 heteroatoms. The predicted octanol–water partition coefficient (Wildman–Crippen LogP) is 3.42. The number of carbonyl (C=O) groups is 1. The van der Waals surface area contributed by atoms with Gasteiger partial charge in [-0.2, -0.15) is 0 Å². The van der Waals surface area contributed by atoms with E-state index in [1.165, 1.54) is 0 Å². The van der Waals surface area contributed by atoms with Crippen LogP contribution >= 0.6 is 12.2 Å². The molecular weight excluding hydrogens is 346 g/mol. The molecule has 0 radical (unpaired) electrons. The zero-order valence-electron chi connectivity index (χ0n) is 15.0. The summed E-state index contributed by atoms with van der Waals surface area (Å²) in [7, 11) is 0. The second-order valence-electron chi connectivity index (χ2n) is 5.79. The summed E-state index contributed by atoms with van der Waals surface area (Å²) >= 11 is 5.11. The molecule has 138 valence electrons. The third kappa shape index (κ3) is 6.72. The number of hydrogen-bond donors (Lipinski definition) is 3. The van der Waals surface area contributed by atoms with Crippen molar-refractivity contribution in [2.24, 2.45) is 0 Å². The van der Waals surface area contributed by atoms with Crippen LogP contribution in [0.4, 0.5) is 0 Å². The van der Waals surface area contributed by atoms with Crippen molar-refractivity contribution in [3.05, 3.63) is 54.6 Å². The summed E-state index contributed by atoms with van der Waals surface area (Å²) in [6.07, 6.45) is 3.35. The van der Waals surface area contributed by atoms with E-state index in [1.54, 1.807) is 0 Å². The van der Waals surface area contributed by atoms with Gasteiger partial charge in [-0.3, -0.25) is 15.6 Å². The van der Waals surface area contributed by atoms with Crippen molar-refractivity contribution in [2.75, 3.05) is 13.2 Å². The molecule has 2 rings (SSSR count). The first-order chi connectivity index (χ1) is 12.7. The molecule has 2 aromatic rings. The average Bonchev–Trinajstić information content (AvgIpc) is 2.69. The van der Waals surface area contributed by atoms with Crippen molar-refractivity contribution >= 4 is 23.2 Å². The molecule has 0 saturated carbocycles. The number of unbranched alkanes of at least 4 members (excludes halogenated alkanes) is 2. The van der Waals surface area contributed by atoms with E-state index in [-0.39, 0.29) is 12.5 Å². The Morgan fingerprint density at radius 1 is 1.00 bits per heavy atom. The Hall–Kier alpha value is -2.60. The highest BCUT2D eigenvalue weighted by Crippen LogP contribution is 2.29. The summed E-state index contributed by atoms with van der Waals surface area (Å²) in [5.41, 5.74) is 7.20. The highest BCUT2D eigenvalue weighted by molar-refractivity contribution is 7.80. The van der Waals surface area contributed by atoms with E-state index in [2.05, 4.69) is 23.1 Å². The lowest BCUT2D eigenvalue weighted by atomic mass is 10.1. The molecule has 5 nitrogen and oxygen atoms in total. The first-order valence-electron chi connectivity index (χ1n) is 8.80. The Bertz CT molecular complexity index is 707. The lowest BCUT2D eigenvalue weighted by molar-refractivity contribution is -0.123. The number of thiocarbonyl (C=S) groups is 1. The Kier molecular flexibility index (Phi) is 8.42. The third-order valence-electron chi connectivity index (χ3n) is 3.71. The molecule has 0 heterocycles. The van der Waals surface area contributed by atoms with Crippen molar-refractivity contribution < 1.29 is 9.53 Å². The van der Waals surface area contributed by atoms with E-state index in [1.807, 2.05) is 54.6 Å². The summed E-state index contributed by atoms with van der Waals surface area (Å²) in [5, 5.41) is 3.44. The van der Waals surface area contributed by atoms with Crippen LogP contribution in [0.3, 0.4) is 0 Å².